The quantitative estimate of drug-likeness (QED) is 0.605. The molecule has 1 amide bonds. The Hall–Kier alpha value is -3.05. The Morgan fingerprint density at radius 2 is 1.82 bits per heavy atom. The summed E-state index contributed by atoms with van der Waals surface area (Å²) >= 11 is 0. The molecule has 0 aliphatic rings. The molecule has 11 heteroatoms. The molecule has 28 heavy (non-hydrogen) atoms. The number of furan rings is 1. The lowest BCUT2D eigenvalue weighted by molar-refractivity contribution is -0.129. The van der Waals surface area contributed by atoms with E-state index in [1.165, 1.54) is 21.1 Å². The first kappa shape index (κ1) is 21.3. The molecule has 1 atom stereocenters. The van der Waals surface area contributed by atoms with E-state index in [9.17, 15) is 18.0 Å². The Balaban J connectivity index is 1.94. The van der Waals surface area contributed by atoms with Crippen LogP contribution in [0.25, 0.3) is 0 Å². The highest BCUT2D eigenvalue weighted by atomic mass is 32.2. The second kappa shape index (κ2) is 8.76. The van der Waals surface area contributed by atoms with E-state index in [0.29, 0.717) is 11.5 Å². The zero-order valence-corrected chi connectivity index (χ0v) is 16.2. The second-order valence-corrected chi connectivity index (χ2v) is 7.11. The number of sulfonamides is 1. The SMILES string of the molecule is COc1ccc(CNC(=O)C(C)OC(=O)c2ccc(S(N)(=O)=O)o2)cc1OC. The Labute approximate surface area is 161 Å². The van der Waals surface area contributed by atoms with Crippen molar-refractivity contribution in [2.45, 2.75) is 24.7 Å². The van der Waals surface area contributed by atoms with Crippen LogP contribution in [0, 0.1) is 0 Å². The molecular formula is C17H20N2O8S. The fraction of sp³-hybridized carbons (Fsp3) is 0.294. The molecule has 0 aliphatic carbocycles. The van der Waals surface area contributed by atoms with Crippen molar-refractivity contribution in [2.75, 3.05) is 14.2 Å². The number of amides is 1. The Morgan fingerprint density at radius 1 is 1.14 bits per heavy atom. The molecule has 1 unspecified atom stereocenters. The first-order chi connectivity index (χ1) is 13.2. The minimum absolute atomic E-state index is 0.164. The van der Waals surface area contributed by atoms with Crippen molar-refractivity contribution >= 4 is 21.9 Å². The van der Waals surface area contributed by atoms with E-state index in [1.807, 2.05) is 0 Å². The molecule has 0 spiro atoms. The van der Waals surface area contributed by atoms with Crippen LogP contribution in [0.2, 0.25) is 0 Å². The van der Waals surface area contributed by atoms with Gasteiger partial charge in [0.1, 0.15) is 0 Å². The molecule has 3 N–H and O–H groups in total. The predicted molar refractivity (Wildman–Crippen MR) is 96.4 cm³/mol. The van der Waals surface area contributed by atoms with Gasteiger partial charge in [0.2, 0.25) is 10.9 Å². The summed E-state index contributed by atoms with van der Waals surface area (Å²) in [5.41, 5.74) is 0.744. The van der Waals surface area contributed by atoms with E-state index in [0.717, 1.165) is 17.7 Å². The number of methoxy groups -OCH3 is 2. The van der Waals surface area contributed by atoms with Crippen molar-refractivity contribution in [1.29, 1.82) is 0 Å². The van der Waals surface area contributed by atoms with Crippen LogP contribution in [-0.4, -0.2) is 40.6 Å². The summed E-state index contributed by atoms with van der Waals surface area (Å²) in [6, 6.07) is 7.26. The largest absolute Gasteiger partial charge is 0.493 e. The van der Waals surface area contributed by atoms with Gasteiger partial charge in [-0.15, -0.1) is 0 Å². The molecule has 0 radical (unpaired) electrons. The number of hydrogen-bond donors (Lipinski definition) is 2. The molecule has 0 saturated carbocycles. The number of esters is 1. The standard InChI is InChI=1S/C17H20N2O8S/c1-10(26-17(21)13-6-7-15(27-13)28(18,22)23)16(20)19-9-11-4-5-12(24-2)14(8-11)25-3/h4-8,10H,9H2,1-3H3,(H,19,20)(H2,18,22,23). The van der Waals surface area contributed by atoms with Gasteiger partial charge in [-0.2, -0.15) is 0 Å². The number of carbonyl (C=O) groups excluding carboxylic acids is 2. The number of hydrogen-bond acceptors (Lipinski definition) is 8. The second-order valence-electron chi connectivity index (χ2n) is 5.62. The average Bonchev–Trinajstić information content (AvgIpc) is 3.16. The number of ether oxygens (including phenoxy) is 3. The Morgan fingerprint density at radius 3 is 2.39 bits per heavy atom. The van der Waals surface area contributed by atoms with Crippen molar-refractivity contribution in [3.05, 3.63) is 41.7 Å². The number of nitrogens with two attached hydrogens (primary N) is 1. The highest BCUT2D eigenvalue weighted by Crippen LogP contribution is 2.27. The fourth-order valence-electron chi connectivity index (χ4n) is 2.18. The Bertz CT molecular complexity index is 967. The molecular weight excluding hydrogens is 392 g/mol. The van der Waals surface area contributed by atoms with Gasteiger partial charge in [-0.3, -0.25) is 4.79 Å². The minimum Gasteiger partial charge on any atom is -0.493 e. The van der Waals surface area contributed by atoms with Crippen molar-refractivity contribution < 1.29 is 36.6 Å². The summed E-state index contributed by atoms with van der Waals surface area (Å²) in [6.45, 7) is 1.53. The number of carbonyl (C=O) groups is 2. The van der Waals surface area contributed by atoms with Gasteiger partial charge in [0.05, 0.1) is 14.2 Å². The van der Waals surface area contributed by atoms with Crippen molar-refractivity contribution in [2.24, 2.45) is 5.14 Å². The van der Waals surface area contributed by atoms with Gasteiger partial charge in [-0.1, -0.05) is 6.07 Å². The third-order valence-corrected chi connectivity index (χ3v) is 4.41. The van der Waals surface area contributed by atoms with Crippen LogP contribution in [0.5, 0.6) is 11.5 Å². The number of nitrogens with one attached hydrogen (secondary N) is 1. The first-order valence-corrected chi connectivity index (χ1v) is 9.52. The lowest BCUT2D eigenvalue weighted by atomic mass is 10.2. The smallest absolute Gasteiger partial charge is 0.375 e. The zero-order chi connectivity index (χ0) is 20.9. The van der Waals surface area contributed by atoms with E-state index in [2.05, 4.69) is 5.32 Å². The summed E-state index contributed by atoms with van der Waals surface area (Å²) in [5, 5.41) is 6.93. The van der Waals surface area contributed by atoms with Gasteiger partial charge in [0.15, 0.2) is 17.6 Å². The summed E-state index contributed by atoms with van der Waals surface area (Å²) in [4.78, 5) is 24.1. The molecule has 0 saturated heterocycles. The third kappa shape index (κ3) is 5.24. The normalized spacial score (nSPS) is 12.1. The van der Waals surface area contributed by atoms with Crippen molar-refractivity contribution in [3.8, 4) is 11.5 Å². The number of rotatable bonds is 8. The van der Waals surface area contributed by atoms with Crippen LogP contribution in [0.1, 0.15) is 23.0 Å². The molecule has 2 rings (SSSR count). The topological polar surface area (TPSA) is 147 Å². The monoisotopic (exact) mass is 412 g/mol. The van der Waals surface area contributed by atoms with Crippen LogP contribution in [0.3, 0.4) is 0 Å². The Kier molecular flexibility index (Phi) is 6.65. The predicted octanol–water partition coefficient (Wildman–Crippen LogP) is 0.806. The van der Waals surface area contributed by atoms with Crippen LogP contribution in [0.4, 0.5) is 0 Å². The maximum absolute atomic E-state index is 12.1. The fourth-order valence-corrected chi connectivity index (χ4v) is 2.64. The molecule has 152 valence electrons. The number of primary sulfonamides is 1. The first-order valence-electron chi connectivity index (χ1n) is 7.98. The highest BCUT2D eigenvalue weighted by molar-refractivity contribution is 7.89. The lowest BCUT2D eigenvalue weighted by Gasteiger charge is -2.14. The molecule has 0 aliphatic heterocycles. The maximum Gasteiger partial charge on any atom is 0.375 e. The average molecular weight is 412 g/mol. The summed E-state index contributed by atoms with van der Waals surface area (Å²) in [5.74, 6) is -0.872. The summed E-state index contributed by atoms with van der Waals surface area (Å²) < 4.78 is 42.4. The van der Waals surface area contributed by atoms with Gasteiger partial charge in [0.25, 0.3) is 15.9 Å². The van der Waals surface area contributed by atoms with Crippen LogP contribution in [-0.2, 0) is 26.1 Å². The van der Waals surface area contributed by atoms with Crippen LogP contribution >= 0.6 is 0 Å². The van der Waals surface area contributed by atoms with Crippen LogP contribution < -0.4 is 19.9 Å². The van der Waals surface area contributed by atoms with E-state index < -0.39 is 33.1 Å². The van der Waals surface area contributed by atoms with Crippen LogP contribution in [0.15, 0.2) is 39.8 Å². The molecule has 0 bridgehead atoms. The molecule has 1 aromatic carbocycles. The van der Waals surface area contributed by atoms with Gasteiger partial charge >= 0.3 is 5.97 Å². The molecule has 0 fully saturated rings. The summed E-state index contributed by atoms with van der Waals surface area (Å²) in [6.07, 6.45) is -1.14. The summed E-state index contributed by atoms with van der Waals surface area (Å²) in [7, 11) is -1.07. The lowest BCUT2D eigenvalue weighted by Crippen LogP contribution is -2.35. The van der Waals surface area contributed by atoms with Crippen molar-refractivity contribution in [3.63, 3.8) is 0 Å². The zero-order valence-electron chi connectivity index (χ0n) is 15.4. The van der Waals surface area contributed by atoms with Gasteiger partial charge in [-0.25, -0.2) is 18.4 Å². The third-order valence-electron chi connectivity index (χ3n) is 3.63. The molecule has 2 aromatic rings. The molecule has 10 nitrogen and oxygen atoms in total. The minimum atomic E-state index is -4.08. The van der Waals surface area contributed by atoms with Gasteiger partial charge in [-0.05, 0) is 36.8 Å². The van der Waals surface area contributed by atoms with E-state index >= 15 is 0 Å². The number of benzene rings is 1. The van der Waals surface area contributed by atoms with E-state index in [4.69, 9.17) is 23.8 Å². The van der Waals surface area contributed by atoms with Crippen molar-refractivity contribution in [1.82, 2.24) is 5.32 Å². The molecule has 1 heterocycles. The van der Waals surface area contributed by atoms with Gasteiger partial charge < -0.3 is 23.9 Å². The maximum atomic E-state index is 12.1. The molecule has 1 aromatic heterocycles. The highest BCUT2D eigenvalue weighted by Gasteiger charge is 2.23. The van der Waals surface area contributed by atoms with Gasteiger partial charge in [0, 0.05) is 6.54 Å². The van der Waals surface area contributed by atoms with E-state index in [-0.39, 0.29) is 12.3 Å². The van der Waals surface area contributed by atoms with E-state index in [1.54, 1.807) is 18.2 Å².